The van der Waals surface area contributed by atoms with Gasteiger partial charge in [-0.2, -0.15) is 0 Å². The molecule has 0 atom stereocenters. The van der Waals surface area contributed by atoms with Gasteiger partial charge in [-0.25, -0.2) is 4.98 Å². The van der Waals surface area contributed by atoms with Gasteiger partial charge in [0, 0.05) is 24.5 Å². The van der Waals surface area contributed by atoms with Gasteiger partial charge in [0.25, 0.3) is 0 Å². The predicted octanol–water partition coefficient (Wildman–Crippen LogP) is 2.38. The van der Waals surface area contributed by atoms with E-state index in [2.05, 4.69) is 10.3 Å². The summed E-state index contributed by atoms with van der Waals surface area (Å²) >= 11 is 0. The molecule has 0 radical (unpaired) electrons. The van der Waals surface area contributed by atoms with Gasteiger partial charge in [0.2, 0.25) is 5.82 Å². The molecule has 7 heteroatoms. The summed E-state index contributed by atoms with van der Waals surface area (Å²) in [6, 6.07) is 8.53. The van der Waals surface area contributed by atoms with Crippen LogP contribution in [0.3, 0.4) is 0 Å². The van der Waals surface area contributed by atoms with Crippen LogP contribution in [0.15, 0.2) is 36.5 Å². The van der Waals surface area contributed by atoms with Crippen LogP contribution >= 0.6 is 0 Å². The van der Waals surface area contributed by atoms with Crippen LogP contribution in [0.2, 0.25) is 0 Å². The third kappa shape index (κ3) is 3.90. The summed E-state index contributed by atoms with van der Waals surface area (Å²) in [5.41, 5.74) is 6.72. The Kier molecular flexibility index (Phi) is 4.68. The van der Waals surface area contributed by atoms with E-state index in [4.69, 9.17) is 10.5 Å². The van der Waals surface area contributed by atoms with Crippen molar-refractivity contribution in [1.29, 1.82) is 0 Å². The highest BCUT2D eigenvalue weighted by Crippen LogP contribution is 2.26. The molecule has 0 aliphatic carbocycles. The quantitative estimate of drug-likeness (QED) is 0.624. The van der Waals surface area contributed by atoms with E-state index in [1.54, 1.807) is 37.4 Å². The van der Waals surface area contributed by atoms with Crippen LogP contribution in [0.4, 0.5) is 17.2 Å². The third-order valence-electron chi connectivity index (χ3n) is 2.70. The summed E-state index contributed by atoms with van der Waals surface area (Å²) in [7, 11) is 0. The Balaban J connectivity index is 2.16. The molecule has 0 saturated heterocycles. The van der Waals surface area contributed by atoms with Crippen molar-refractivity contribution < 1.29 is 9.66 Å². The van der Waals surface area contributed by atoms with Crippen molar-refractivity contribution in [3.05, 3.63) is 52.2 Å². The second-order valence-electron chi connectivity index (χ2n) is 4.42. The van der Waals surface area contributed by atoms with Crippen LogP contribution in [0.25, 0.3) is 0 Å². The van der Waals surface area contributed by atoms with Crippen molar-refractivity contribution in [2.45, 2.75) is 6.92 Å². The summed E-state index contributed by atoms with van der Waals surface area (Å²) in [5.74, 6) is 0.901. The lowest BCUT2D eigenvalue weighted by Crippen LogP contribution is -2.10. The SMILES string of the molecule is Cc1cnc(Nc2ccc(OCCN)cc2)c([N+](=O)[O-])c1. The summed E-state index contributed by atoms with van der Waals surface area (Å²) in [6.45, 7) is 2.64. The van der Waals surface area contributed by atoms with E-state index < -0.39 is 4.92 Å². The van der Waals surface area contributed by atoms with Gasteiger partial charge in [-0.05, 0) is 36.8 Å². The van der Waals surface area contributed by atoms with Crippen LogP contribution in [-0.2, 0) is 0 Å². The van der Waals surface area contributed by atoms with E-state index in [9.17, 15) is 10.1 Å². The molecule has 2 rings (SSSR count). The van der Waals surface area contributed by atoms with Gasteiger partial charge in [0.15, 0.2) is 0 Å². The zero-order valence-corrected chi connectivity index (χ0v) is 11.6. The van der Waals surface area contributed by atoms with Crippen molar-refractivity contribution in [3.8, 4) is 5.75 Å². The van der Waals surface area contributed by atoms with Crippen molar-refractivity contribution in [2.24, 2.45) is 5.73 Å². The van der Waals surface area contributed by atoms with Crippen LogP contribution < -0.4 is 15.8 Å². The number of nitrogens with one attached hydrogen (secondary N) is 1. The number of nitro groups is 1. The van der Waals surface area contributed by atoms with E-state index in [-0.39, 0.29) is 11.5 Å². The first-order valence-corrected chi connectivity index (χ1v) is 6.41. The molecule has 1 heterocycles. The number of aryl methyl sites for hydroxylation is 1. The lowest BCUT2D eigenvalue weighted by atomic mass is 10.2. The molecular formula is C14H16N4O3. The molecule has 0 spiro atoms. The molecule has 2 aromatic rings. The predicted molar refractivity (Wildman–Crippen MR) is 79.9 cm³/mol. The number of pyridine rings is 1. The second kappa shape index (κ2) is 6.67. The van der Waals surface area contributed by atoms with Gasteiger partial charge >= 0.3 is 5.69 Å². The average Bonchev–Trinajstić information content (AvgIpc) is 2.48. The fraction of sp³-hybridized carbons (Fsp3) is 0.214. The number of hydrogen-bond acceptors (Lipinski definition) is 6. The molecule has 3 N–H and O–H groups in total. The Morgan fingerprint density at radius 3 is 2.71 bits per heavy atom. The summed E-state index contributed by atoms with van der Waals surface area (Å²) in [5, 5.41) is 14.0. The first kappa shape index (κ1) is 14.7. The highest BCUT2D eigenvalue weighted by molar-refractivity contribution is 5.66. The summed E-state index contributed by atoms with van der Waals surface area (Å²) < 4.78 is 5.36. The number of nitrogens with zero attached hydrogens (tertiary/aromatic N) is 2. The third-order valence-corrected chi connectivity index (χ3v) is 2.70. The maximum absolute atomic E-state index is 11.0. The Morgan fingerprint density at radius 2 is 2.10 bits per heavy atom. The smallest absolute Gasteiger partial charge is 0.311 e. The van der Waals surface area contributed by atoms with Gasteiger partial charge in [-0.15, -0.1) is 0 Å². The molecule has 21 heavy (non-hydrogen) atoms. The minimum absolute atomic E-state index is 0.0570. The molecule has 0 fully saturated rings. The molecular weight excluding hydrogens is 272 g/mol. The molecule has 110 valence electrons. The molecule has 0 aliphatic heterocycles. The van der Waals surface area contributed by atoms with Crippen LogP contribution in [0.1, 0.15) is 5.56 Å². The Morgan fingerprint density at radius 1 is 1.38 bits per heavy atom. The summed E-state index contributed by atoms with van der Waals surface area (Å²) in [4.78, 5) is 14.6. The zero-order valence-electron chi connectivity index (χ0n) is 11.6. The van der Waals surface area contributed by atoms with Gasteiger partial charge in [-0.1, -0.05) is 0 Å². The van der Waals surface area contributed by atoms with E-state index in [1.807, 2.05) is 0 Å². The molecule has 0 amide bonds. The lowest BCUT2D eigenvalue weighted by Gasteiger charge is -2.08. The van der Waals surface area contributed by atoms with Crippen LogP contribution in [-0.4, -0.2) is 23.1 Å². The molecule has 1 aromatic heterocycles. The number of hydrogen-bond donors (Lipinski definition) is 2. The molecule has 0 unspecified atom stereocenters. The topological polar surface area (TPSA) is 103 Å². The number of anilines is 2. The highest BCUT2D eigenvalue weighted by Gasteiger charge is 2.15. The van der Waals surface area contributed by atoms with Gasteiger partial charge in [0.1, 0.15) is 12.4 Å². The summed E-state index contributed by atoms with van der Waals surface area (Å²) in [6.07, 6.45) is 1.58. The van der Waals surface area contributed by atoms with Crippen molar-refractivity contribution in [2.75, 3.05) is 18.5 Å². The number of ether oxygens (including phenoxy) is 1. The van der Waals surface area contributed by atoms with Crippen molar-refractivity contribution in [3.63, 3.8) is 0 Å². The minimum atomic E-state index is -0.457. The highest BCUT2D eigenvalue weighted by atomic mass is 16.6. The largest absolute Gasteiger partial charge is 0.492 e. The Bertz CT molecular complexity index is 629. The molecule has 0 aliphatic rings. The molecule has 0 bridgehead atoms. The van der Waals surface area contributed by atoms with Gasteiger partial charge in [-0.3, -0.25) is 10.1 Å². The van der Waals surface area contributed by atoms with Gasteiger partial charge < -0.3 is 15.8 Å². The van der Waals surface area contributed by atoms with E-state index in [1.165, 1.54) is 6.07 Å². The monoisotopic (exact) mass is 288 g/mol. The average molecular weight is 288 g/mol. The van der Waals surface area contributed by atoms with E-state index in [0.29, 0.717) is 24.6 Å². The van der Waals surface area contributed by atoms with Crippen LogP contribution in [0.5, 0.6) is 5.75 Å². The second-order valence-corrected chi connectivity index (χ2v) is 4.42. The maximum Gasteiger partial charge on any atom is 0.311 e. The fourth-order valence-electron chi connectivity index (χ4n) is 1.74. The Labute approximate surface area is 121 Å². The maximum atomic E-state index is 11.0. The van der Waals surface area contributed by atoms with Crippen LogP contribution in [0, 0.1) is 17.0 Å². The minimum Gasteiger partial charge on any atom is -0.492 e. The van der Waals surface area contributed by atoms with E-state index >= 15 is 0 Å². The Hall–Kier alpha value is -2.67. The number of rotatable bonds is 6. The molecule has 1 aromatic carbocycles. The standard InChI is InChI=1S/C14H16N4O3/c1-10-8-13(18(19)20)14(16-9-10)17-11-2-4-12(5-3-11)21-7-6-15/h2-5,8-9H,6-7,15H2,1H3,(H,16,17). The van der Waals surface area contributed by atoms with Crippen molar-refractivity contribution >= 4 is 17.2 Å². The number of nitrogens with two attached hydrogens (primary N) is 1. The normalized spacial score (nSPS) is 10.2. The first-order valence-electron chi connectivity index (χ1n) is 6.41. The first-order chi connectivity index (χ1) is 10.1. The molecule has 0 saturated carbocycles. The lowest BCUT2D eigenvalue weighted by molar-refractivity contribution is -0.384. The van der Waals surface area contributed by atoms with Gasteiger partial charge in [0.05, 0.1) is 4.92 Å². The fourth-order valence-corrected chi connectivity index (χ4v) is 1.74. The van der Waals surface area contributed by atoms with E-state index in [0.717, 1.165) is 5.56 Å². The zero-order chi connectivity index (χ0) is 15.2. The van der Waals surface area contributed by atoms with Crippen molar-refractivity contribution in [1.82, 2.24) is 4.98 Å². The number of aromatic nitrogens is 1. The number of benzene rings is 1. The molecule has 7 nitrogen and oxygen atoms in total.